The summed E-state index contributed by atoms with van der Waals surface area (Å²) in [4.78, 5) is 11.9. The number of nitrogen functional groups attached to an aromatic ring is 1. The minimum atomic E-state index is -0.540. The summed E-state index contributed by atoms with van der Waals surface area (Å²) in [7, 11) is 0. The van der Waals surface area contributed by atoms with Gasteiger partial charge in [-0.05, 0) is 42.8 Å². The molecule has 0 unspecified atom stereocenters. The number of carbonyl (C=O) groups is 1. The van der Waals surface area contributed by atoms with E-state index in [-0.39, 0.29) is 17.2 Å². The third kappa shape index (κ3) is 3.08. The van der Waals surface area contributed by atoms with E-state index in [1.54, 1.807) is 31.2 Å². The van der Waals surface area contributed by atoms with Crippen molar-refractivity contribution >= 4 is 23.3 Å². The molecule has 0 fully saturated rings. The van der Waals surface area contributed by atoms with Crippen molar-refractivity contribution in [2.75, 3.05) is 5.73 Å². The minimum absolute atomic E-state index is 0.163. The Morgan fingerprint density at radius 1 is 1.35 bits per heavy atom. The molecular weight excluding hydrogens is 281 g/mol. The lowest BCUT2D eigenvalue weighted by atomic mass is 10.1. The number of esters is 1. The average molecular weight is 294 g/mol. The number of nitrogens with two attached hydrogens (primary N) is 1. The Labute approximate surface area is 121 Å². The summed E-state index contributed by atoms with van der Waals surface area (Å²) < 4.78 is 18.6. The largest absolute Gasteiger partial charge is 0.457 e. The molecule has 0 saturated carbocycles. The monoisotopic (exact) mass is 293 g/mol. The predicted molar refractivity (Wildman–Crippen MR) is 76.1 cm³/mol. The molecule has 104 valence electrons. The van der Waals surface area contributed by atoms with Gasteiger partial charge in [0.2, 0.25) is 0 Å². The summed E-state index contributed by atoms with van der Waals surface area (Å²) in [6.07, 6.45) is 0. The summed E-state index contributed by atoms with van der Waals surface area (Å²) in [5.41, 5.74) is 7.44. The van der Waals surface area contributed by atoms with Crippen LogP contribution in [0, 0.1) is 12.7 Å². The minimum Gasteiger partial charge on any atom is -0.457 e. The first-order valence-corrected chi connectivity index (χ1v) is 6.33. The smallest absolute Gasteiger partial charge is 0.338 e. The molecule has 0 atom stereocenters. The summed E-state index contributed by atoms with van der Waals surface area (Å²) in [6.45, 7) is 1.54. The van der Waals surface area contributed by atoms with Crippen LogP contribution in [0.5, 0.6) is 0 Å². The maximum absolute atomic E-state index is 13.5. The fraction of sp³-hybridized carbons (Fsp3) is 0.133. The molecule has 0 heterocycles. The highest BCUT2D eigenvalue weighted by Gasteiger charge is 2.13. The quantitative estimate of drug-likeness (QED) is 0.693. The van der Waals surface area contributed by atoms with E-state index in [4.69, 9.17) is 22.1 Å². The van der Waals surface area contributed by atoms with Gasteiger partial charge < -0.3 is 10.5 Å². The number of anilines is 1. The first-order valence-electron chi connectivity index (χ1n) is 5.95. The van der Waals surface area contributed by atoms with Crippen LogP contribution in [0.3, 0.4) is 0 Å². The van der Waals surface area contributed by atoms with Gasteiger partial charge in [0.1, 0.15) is 12.4 Å². The lowest BCUT2D eigenvalue weighted by Gasteiger charge is -2.09. The van der Waals surface area contributed by atoms with Crippen LogP contribution < -0.4 is 5.73 Å². The van der Waals surface area contributed by atoms with E-state index in [1.807, 2.05) is 0 Å². The third-order valence-electron chi connectivity index (χ3n) is 2.88. The van der Waals surface area contributed by atoms with E-state index >= 15 is 0 Å². The van der Waals surface area contributed by atoms with E-state index in [0.29, 0.717) is 16.8 Å². The highest BCUT2D eigenvalue weighted by molar-refractivity contribution is 6.31. The number of aryl methyl sites for hydroxylation is 1. The van der Waals surface area contributed by atoms with Gasteiger partial charge in [-0.1, -0.05) is 17.7 Å². The topological polar surface area (TPSA) is 52.3 Å². The second-order valence-corrected chi connectivity index (χ2v) is 4.76. The van der Waals surface area contributed by atoms with Crippen molar-refractivity contribution in [1.29, 1.82) is 0 Å². The third-order valence-corrected chi connectivity index (χ3v) is 3.23. The first kappa shape index (κ1) is 14.3. The second-order valence-electron chi connectivity index (χ2n) is 4.35. The highest BCUT2D eigenvalue weighted by Crippen LogP contribution is 2.21. The Bertz CT molecular complexity index is 638. The van der Waals surface area contributed by atoms with Gasteiger partial charge in [-0.15, -0.1) is 0 Å². The number of hydrogen-bond acceptors (Lipinski definition) is 3. The molecule has 2 aromatic rings. The zero-order chi connectivity index (χ0) is 14.7. The predicted octanol–water partition coefficient (Wildman–Crippen LogP) is 3.73. The van der Waals surface area contributed by atoms with Gasteiger partial charge in [0.15, 0.2) is 0 Å². The van der Waals surface area contributed by atoms with E-state index in [1.165, 1.54) is 12.1 Å². The summed E-state index contributed by atoms with van der Waals surface area (Å²) in [5.74, 6) is -1.04. The van der Waals surface area contributed by atoms with Crippen molar-refractivity contribution in [3.05, 3.63) is 63.9 Å². The zero-order valence-corrected chi connectivity index (χ0v) is 11.6. The van der Waals surface area contributed by atoms with Crippen molar-refractivity contribution in [3.8, 4) is 0 Å². The molecule has 0 amide bonds. The van der Waals surface area contributed by atoms with Gasteiger partial charge in [-0.25, -0.2) is 9.18 Å². The van der Waals surface area contributed by atoms with Gasteiger partial charge in [0.05, 0.1) is 10.6 Å². The molecule has 0 saturated heterocycles. The zero-order valence-electron chi connectivity index (χ0n) is 10.8. The SMILES string of the molecule is Cc1cc(N)ccc1C(=O)OCc1c(F)cccc1Cl. The number of ether oxygens (including phenoxy) is 1. The molecule has 0 aliphatic rings. The van der Waals surface area contributed by atoms with Gasteiger partial charge in [-0.2, -0.15) is 0 Å². The number of hydrogen-bond donors (Lipinski definition) is 1. The molecule has 0 aliphatic carbocycles. The number of halogens is 2. The molecule has 0 spiro atoms. The van der Waals surface area contributed by atoms with Crippen LogP contribution in [0.25, 0.3) is 0 Å². The number of carbonyl (C=O) groups excluding carboxylic acids is 1. The van der Waals surface area contributed by atoms with Crippen LogP contribution >= 0.6 is 11.6 Å². The molecule has 0 aliphatic heterocycles. The Kier molecular flexibility index (Phi) is 4.25. The summed E-state index contributed by atoms with van der Waals surface area (Å²) >= 11 is 5.86. The van der Waals surface area contributed by atoms with Crippen LogP contribution in [0.15, 0.2) is 36.4 Å². The van der Waals surface area contributed by atoms with E-state index in [9.17, 15) is 9.18 Å². The van der Waals surface area contributed by atoms with E-state index in [0.717, 1.165) is 0 Å². The van der Waals surface area contributed by atoms with Crippen molar-refractivity contribution in [2.24, 2.45) is 0 Å². The molecule has 2 rings (SSSR count). The van der Waals surface area contributed by atoms with Gasteiger partial charge in [0, 0.05) is 11.3 Å². The van der Waals surface area contributed by atoms with Gasteiger partial charge in [0.25, 0.3) is 0 Å². The molecule has 3 nitrogen and oxygen atoms in total. The van der Waals surface area contributed by atoms with Crippen LogP contribution in [-0.4, -0.2) is 5.97 Å². The molecule has 0 bridgehead atoms. The maximum Gasteiger partial charge on any atom is 0.338 e. The Balaban J connectivity index is 2.13. The molecule has 0 aromatic heterocycles. The normalized spacial score (nSPS) is 10.3. The summed E-state index contributed by atoms with van der Waals surface area (Å²) in [6, 6.07) is 9.17. The molecular formula is C15H13ClFNO2. The van der Waals surface area contributed by atoms with Crippen molar-refractivity contribution in [2.45, 2.75) is 13.5 Å². The summed E-state index contributed by atoms with van der Waals surface area (Å²) in [5, 5.41) is 0.229. The van der Waals surface area contributed by atoms with Crippen molar-refractivity contribution in [3.63, 3.8) is 0 Å². The van der Waals surface area contributed by atoms with Crippen LogP contribution in [0.1, 0.15) is 21.5 Å². The average Bonchev–Trinajstić information content (AvgIpc) is 2.37. The Hall–Kier alpha value is -2.07. The molecule has 2 aromatic carbocycles. The lowest BCUT2D eigenvalue weighted by molar-refractivity contribution is 0.0468. The van der Waals surface area contributed by atoms with Crippen molar-refractivity contribution in [1.82, 2.24) is 0 Å². The standard InChI is InChI=1S/C15H13ClFNO2/c1-9-7-10(18)5-6-11(9)15(19)20-8-12-13(16)3-2-4-14(12)17/h2-7H,8,18H2,1H3. The van der Waals surface area contributed by atoms with Gasteiger partial charge >= 0.3 is 5.97 Å². The van der Waals surface area contributed by atoms with E-state index in [2.05, 4.69) is 0 Å². The van der Waals surface area contributed by atoms with Crippen LogP contribution in [0.4, 0.5) is 10.1 Å². The second kappa shape index (κ2) is 5.92. The van der Waals surface area contributed by atoms with Crippen LogP contribution in [0.2, 0.25) is 5.02 Å². The Morgan fingerprint density at radius 3 is 2.75 bits per heavy atom. The van der Waals surface area contributed by atoms with Gasteiger partial charge in [-0.3, -0.25) is 0 Å². The fourth-order valence-electron chi connectivity index (χ4n) is 1.80. The maximum atomic E-state index is 13.5. The molecule has 2 N–H and O–H groups in total. The molecule has 20 heavy (non-hydrogen) atoms. The highest BCUT2D eigenvalue weighted by atomic mass is 35.5. The fourth-order valence-corrected chi connectivity index (χ4v) is 2.02. The Morgan fingerprint density at radius 2 is 2.10 bits per heavy atom. The number of benzene rings is 2. The first-order chi connectivity index (χ1) is 9.49. The van der Waals surface area contributed by atoms with Crippen molar-refractivity contribution < 1.29 is 13.9 Å². The lowest BCUT2D eigenvalue weighted by Crippen LogP contribution is -2.08. The van der Waals surface area contributed by atoms with Crippen LogP contribution in [-0.2, 0) is 11.3 Å². The number of rotatable bonds is 3. The molecule has 5 heteroatoms. The molecule has 0 radical (unpaired) electrons. The van der Waals surface area contributed by atoms with E-state index < -0.39 is 11.8 Å².